The first kappa shape index (κ1) is 19.1. The molecule has 0 heterocycles. The van der Waals surface area contributed by atoms with Crippen molar-refractivity contribution in [1.82, 2.24) is 0 Å². The number of hydrogen-bond donors (Lipinski definition) is 1. The number of benzene rings is 2. The van der Waals surface area contributed by atoms with Gasteiger partial charge in [0.25, 0.3) is 10.0 Å². The molecule has 0 unspecified atom stereocenters. The van der Waals surface area contributed by atoms with Crippen LogP contribution < -0.4 is 4.72 Å². The van der Waals surface area contributed by atoms with E-state index >= 15 is 0 Å². The summed E-state index contributed by atoms with van der Waals surface area (Å²) in [4.78, 5) is -0.210. The Labute approximate surface area is 147 Å². The second-order valence-electron chi connectivity index (χ2n) is 4.97. The summed E-state index contributed by atoms with van der Waals surface area (Å²) in [5, 5.41) is 10.6. The van der Waals surface area contributed by atoms with Crippen molar-refractivity contribution in [2.24, 2.45) is 0 Å². The minimum atomic E-state index is -4.79. The number of halogens is 3. The van der Waals surface area contributed by atoms with E-state index in [2.05, 4.69) is 4.72 Å². The van der Waals surface area contributed by atoms with E-state index in [0.717, 1.165) is 30.0 Å². The van der Waals surface area contributed by atoms with E-state index in [-0.39, 0.29) is 5.69 Å². The van der Waals surface area contributed by atoms with E-state index in [1.54, 1.807) is 13.0 Å². The fourth-order valence-corrected chi connectivity index (χ4v) is 3.99. The molecule has 25 heavy (non-hydrogen) atoms. The van der Waals surface area contributed by atoms with E-state index in [1.807, 2.05) is 5.40 Å². The zero-order valence-electron chi connectivity index (χ0n) is 13.0. The molecule has 2 aromatic carbocycles. The molecule has 0 radical (unpaired) electrons. The highest BCUT2D eigenvalue weighted by Gasteiger charge is 2.37. The van der Waals surface area contributed by atoms with Crippen molar-refractivity contribution in [3.63, 3.8) is 0 Å². The van der Waals surface area contributed by atoms with Crippen LogP contribution in [0.2, 0.25) is 0 Å². The highest BCUT2D eigenvalue weighted by molar-refractivity contribution is 8.03. The van der Waals surface area contributed by atoms with Gasteiger partial charge in [0, 0.05) is 4.90 Å². The van der Waals surface area contributed by atoms with Gasteiger partial charge in [0.2, 0.25) is 0 Å². The third kappa shape index (κ3) is 4.46. The van der Waals surface area contributed by atoms with Gasteiger partial charge in [-0.05, 0) is 54.1 Å². The maximum absolute atomic E-state index is 13.1. The number of thiocyanates is 1. The van der Waals surface area contributed by atoms with Gasteiger partial charge in [-0.25, -0.2) is 8.42 Å². The molecular weight excluding hydrogens is 373 g/mol. The first-order chi connectivity index (χ1) is 11.7. The van der Waals surface area contributed by atoms with Crippen LogP contribution in [-0.2, 0) is 22.6 Å². The normalized spacial score (nSPS) is 11.8. The predicted octanol–water partition coefficient (Wildman–Crippen LogP) is 4.64. The van der Waals surface area contributed by atoms with Crippen molar-refractivity contribution >= 4 is 27.5 Å². The zero-order valence-corrected chi connectivity index (χ0v) is 14.6. The maximum atomic E-state index is 13.1. The molecule has 0 spiro atoms. The molecule has 0 amide bonds. The second-order valence-corrected chi connectivity index (χ2v) is 7.47. The van der Waals surface area contributed by atoms with Crippen LogP contribution in [0.1, 0.15) is 18.1 Å². The molecule has 0 bridgehead atoms. The van der Waals surface area contributed by atoms with E-state index in [4.69, 9.17) is 5.26 Å². The van der Waals surface area contributed by atoms with Crippen molar-refractivity contribution in [3.05, 3.63) is 53.6 Å². The van der Waals surface area contributed by atoms with E-state index in [1.165, 1.54) is 18.2 Å². The first-order valence-corrected chi connectivity index (χ1v) is 9.37. The molecule has 132 valence electrons. The van der Waals surface area contributed by atoms with Crippen LogP contribution in [0.15, 0.2) is 52.3 Å². The summed E-state index contributed by atoms with van der Waals surface area (Å²) in [6.45, 7) is 1.78. The van der Waals surface area contributed by atoms with Crippen molar-refractivity contribution in [3.8, 4) is 5.40 Å². The van der Waals surface area contributed by atoms with Crippen LogP contribution in [0, 0.1) is 10.7 Å². The van der Waals surface area contributed by atoms with Crippen molar-refractivity contribution in [1.29, 1.82) is 5.26 Å². The maximum Gasteiger partial charge on any atom is 0.417 e. The number of aryl methyl sites for hydroxylation is 1. The van der Waals surface area contributed by atoms with E-state index in [0.29, 0.717) is 16.9 Å². The van der Waals surface area contributed by atoms with Gasteiger partial charge < -0.3 is 0 Å². The molecule has 0 aromatic heterocycles. The number of sulfonamides is 1. The Morgan fingerprint density at radius 1 is 1.20 bits per heavy atom. The number of nitrogens with zero attached hydrogens (tertiary/aromatic N) is 1. The molecule has 0 aliphatic rings. The summed E-state index contributed by atoms with van der Waals surface area (Å²) in [5.74, 6) is 0. The summed E-state index contributed by atoms with van der Waals surface area (Å²) in [5.41, 5.74) is -0.465. The topological polar surface area (TPSA) is 70.0 Å². The SMILES string of the molecule is CCc1cc(SC#N)ccc1NS(=O)(=O)c1ccccc1C(F)(F)F. The molecule has 2 rings (SSSR count). The summed E-state index contributed by atoms with van der Waals surface area (Å²) in [7, 11) is -4.43. The highest BCUT2D eigenvalue weighted by atomic mass is 32.2. The minimum absolute atomic E-state index is 0.182. The Hall–Kier alpha value is -2.18. The number of hydrogen-bond acceptors (Lipinski definition) is 4. The smallest absolute Gasteiger partial charge is 0.279 e. The van der Waals surface area contributed by atoms with Gasteiger partial charge in [0.1, 0.15) is 5.40 Å². The Morgan fingerprint density at radius 2 is 1.88 bits per heavy atom. The van der Waals surface area contributed by atoms with Gasteiger partial charge in [0.15, 0.2) is 0 Å². The molecule has 0 saturated carbocycles. The zero-order chi connectivity index (χ0) is 18.7. The monoisotopic (exact) mass is 386 g/mol. The van der Waals surface area contributed by atoms with Gasteiger partial charge in [-0.3, -0.25) is 4.72 Å². The van der Waals surface area contributed by atoms with Crippen LogP contribution in [0.5, 0.6) is 0 Å². The molecular formula is C16H13F3N2O2S2. The fourth-order valence-electron chi connectivity index (χ4n) is 2.21. The third-order valence-electron chi connectivity index (χ3n) is 3.35. The number of alkyl halides is 3. The second kappa shape index (κ2) is 7.37. The van der Waals surface area contributed by atoms with Gasteiger partial charge in [-0.15, -0.1) is 0 Å². The molecule has 4 nitrogen and oxygen atoms in total. The average molecular weight is 386 g/mol. The number of rotatable bonds is 5. The van der Waals surface area contributed by atoms with Crippen molar-refractivity contribution in [2.75, 3.05) is 4.72 Å². The lowest BCUT2D eigenvalue weighted by Gasteiger charge is -2.16. The van der Waals surface area contributed by atoms with E-state index in [9.17, 15) is 21.6 Å². The Bertz CT molecular complexity index is 920. The standard InChI is InChI=1S/C16H13F3N2O2S2/c1-2-11-9-12(24-10-20)7-8-14(11)21-25(22,23)15-6-4-3-5-13(15)16(17,18)19/h3-9,21H,2H2,1H3. The molecule has 0 fully saturated rings. The third-order valence-corrected chi connectivity index (χ3v) is 5.35. The molecule has 1 N–H and O–H groups in total. The largest absolute Gasteiger partial charge is 0.417 e. The quantitative estimate of drug-likeness (QED) is 0.600. The highest BCUT2D eigenvalue weighted by Crippen LogP contribution is 2.35. The molecule has 2 aromatic rings. The van der Waals surface area contributed by atoms with Gasteiger partial charge in [-0.2, -0.15) is 18.4 Å². The Kier molecular flexibility index (Phi) is 5.65. The van der Waals surface area contributed by atoms with Gasteiger partial charge in [0.05, 0.1) is 16.1 Å². The average Bonchev–Trinajstić information content (AvgIpc) is 2.55. The fraction of sp³-hybridized carbons (Fsp3) is 0.188. The van der Waals surface area contributed by atoms with Crippen LogP contribution >= 0.6 is 11.8 Å². The summed E-state index contributed by atoms with van der Waals surface area (Å²) in [6, 6.07) is 8.59. The lowest BCUT2D eigenvalue weighted by molar-refractivity contribution is -0.139. The number of nitrogens with one attached hydrogen (secondary N) is 1. The van der Waals surface area contributed by atoms with Crippen LogP contribution in [-0.4, -0.2) is 8.42 Å². The summed E-state index contributed by atoms with van der Waals surface area (Å²) >= 11 is 0.913. The van der Waals surface area contributed by atoms with Crippen molar-refractivity contribution < 1.29 is 21.6 Å². The van der Waals surface area contributed by atoms with Gasteiger partial charge in [-0.1, -0.05) is 19.1 Å². The summed E-state index contributed by atoms with van der Waals surface area (Å²) in [6.07, 6.45) is -4.34. The van der Waals surface area contributed by atoms with E-state index < -0.39 is 26.7 Å². The molecule has 0 aliphatic carbocycles. The minimum Gasteiger partial charge on any atom is -0.279 e. The van der Waals surface area contributed by atoms with Crippen molar-refractivity contribution in [2.45, 2.75) is 29.3 Å². The van der Waals surface area contributed by atoms with Crippen LogP contribution in [0.3, 0.4) is 0 Å². The molecule has 0 saturated heterocycles. The molecule has 0 aliphatic heterocycles. The van der Waals surface area contributed by atoms with Gasteiger partial charge >= 0.3 is 6.18 Å². The molecule has 0 atom stereocenters. The lowest BCUT2D eigenvalue weighted by Crippen LogP contribution is -2.19. The lowest BCUT2D eigenvalue weighted by atomic mass is 10.1. The number of anilines is 1. The first-order valence-electron chi connectivity index (χ1n) is 7.07. The predicted molar refractivity (Wildman–Crippen MR) is 89.5 cm³/mol. The summed E-state index contributed by atoms with van der Waals surface area (Å²) < 4.78 is 66.4. The number of nitriles is 1. The van der Waals surface area contributed by atoms with Crippen LogP contribution in [0.25, 0.3) is 0 Å². The Balaban J connectivity index is 2.46. The van der Waals surface area contributed by atoms with Crippen LogP contribution in [0.4, 0.5) is 18.9 Å². The number of thioether (sulfide) groups is 1. The Morgan fingerprint density at radius 3 is 2.48 bits per heavy atom. The molecule has 9 heteroatoms.